The predicted octanol–water partition coefficient (Wildman–Crippen LogP) is 5.54. The maximum atomic E-state index is 10.9. The third-order valence-corrected chi connectivity index (χ3v) is 6.50. The highest BCUT2D eigenvalue weighted by atomic mass is 16.3. The van der Waals surface area contributed by atoms with Gasteiger partial charge in [0, 0.05) is 18.0 Å². The third-order valence-electron chi connectivity index (χ3n) is 6.50. The normalized spacial score (nSPS) is 18.3. The number of para-hydroxylation sites is 1. The van der Waals surface area contributed by atoms with Gasteiger partial charge in [-0.25, -0.2) is 9.97 Å². The lowest BCUT2D eigenvalue weighted by atomic mass is 9.86. The van der Waals surface area contributed by atoms with E-state index in [0.29, 0.717) is 12.4 Å². The van der Waals surface area contributed by atoms with Crippen LogP contribution in [-0.4, -0.2) is 33.8 Å². The molecule has 0 bridgehead atoms. The first-order valence-corrected chi connectivity index (χ1v) is 12.1. The fourth-order valence-corrected chi connectivity index (χ4v) is 4.43. The molecule has 0 aliphatic heterocycles. The van der Waals surface area contributed by atoms with Crippen molar-refractivity contribution in [1.29, 1.82) is 0 Å². The molecule has 1 aromatic heterocycles. The molecule has 35 heavy (non-hydrogen) atoms. The molecule has 0 radical (unpaired) electrons. The topological polar surface area (TPSA) is 84.1 Å². The number of hydrogen-bond donors (Lipinski definition) is 3. The molecule has 0 amide bonds. The van der Waals surface area contributed by atoms with Crippen molar-refractivity contribution in [2.24, 2.45) is 5.73 Å². The van der Waals surface area contributed by atoms with E-state index in [2.05, 4.69) is 48.6 Å². The molecule has 2 unspecified atom stereocenters. The fourth-order valence-electron chi connectivity index (χ4n) is 4.43. The van der Waals surface area contributed by atoms with E-state index in [1.54, 1.807) is 0 Å². The van der Waals surface area contributed by atoms with Crippen LogP contribution in [-0.2, 0) is 0 Å². The van der Waals surface area contributed by atoms with E-state index in [1.807, 2.05) is 60.7 Å². The molecule has 5 heteroatoms. The molecule has 1 aliphatic carbocycles. The van der Waals surface area contributed by atoms with Gasteiger partial charge in [-0.3, -0.25) is 0 Å². The first-order valence-electron chi connectivity index (χ1n) is 12.1. The van der Waals surface area contributed by atoms with E-state index in [-0.39, 0.29) is 12.0 Å². The van der Waals surface area contributed by atoms with Crippen LogP contribution in [0.5, 0.6) is 0 Å². The number of anilines is 1. The highest BCUT2D eigenvalue weighted by Gasteiger charge is 2.26. The molecular formula is C30H30N4O. The molecular weight excluding hydrogens is 432 g/mol. The number of hydrogen-bond acceptors (Lipinski definition) is 5. The molecule has 5 rings (SSSR count). The molecule has 0 saturated heterocycles. The molecule has 0 fully saturated rings. The minimum absolute atomic E-state index is 0.0383. The Bertz CT molecular complexity index is 1380. The number of nitrogens with zero attached hydrogens (tertiary/aromatic N) is 2. The Labute approximate surface area is 206 Å². The second-order valence-electron chi connectivity index (χ2n) is 8.91. The van der Waals surface area contributed by atoms with Crippen molar-refractivity contribution in [2.45, 2.75) is 31.4 Å². The largest absolute Gasteiger partial charge is 0.388 e. The van der Waals surface area contributed by atoms with Crippen LogP contribution in [0.15, 0.2) is 97.1 Å². The lowest BCUT2D eigenvalue weighted by molar-refractivity contribution is 0.203. The van der Waals surface area contributed by atoms with Crippen molar-refractivity contribution in [3.63, 3.8) is 0 Å². The molecule has 0 saturated carbocycles. The van der Waals surface area contributed by atoms with Crippen molar-refractivity contribution in [2.75, 3.05) is 11.9 Å². The van der Waals surface area contributed by atoms with Crippen LogP contribution in [0.25, 0.3) is 27.6 Å². The average Bonchev–Trinajstić information content (AvgIpc) is 2.92. The Morgan fingerprint density at radius 3 is 2.43 bits per heavy atom. The van der Waals surface area contributed by atoms with Gasteiger partial charge in [-0.05, 0) is 40.8 Å². The summed E-state index contributed by atoms with van der Waals surface area (Å²) in [6.45, 7) is 2.69. The molecule has 1 aliphatic rings. The zero-order chi connectivity index (χ0) is 24.2. The summed E-state index contributed by atoms with van der Waals surface area (Å²) in [5, 5.41) is 15.3. The Morgan fingerprint density at radius 2 is 1.63 bits per heavy atom. The summed E-state index contributed by atoms with van der Waals surface area (Å²) >= 11 is 0. The maximum Gasteiger partial charge on any atom is 0.141 e. The second kappa shape index (κ2) is 10.2. The SMILES string of the molecule is CC[C@@H](N)CNc1nc(C2C=C(c3ccccc3-c3ccccc3)C=CC2O)nc2ccccc12. The highest BCUT2D eigenvalue weighted by Crippen LogP contribution is 2.36. The van der Waals surface area contributed by atoms with Gasteiger partial charge >= 0.3 is 0 Å². The van der Waals surface area contributed by atoms with Crippen LogP contribution >= 0.6 is 0 Å². The van der Waals surface area contributed by atoms with Gasteiger partial charge in [0.15, 0.2) is 0 Å². The molecule has 3 atom stereocenters. The summed E-state index contributed by atoms with van der Waals surface area (Å²) in [5.74, 6) is 0.961. The molecule has 176 valence electrons. The average molecular weight is 463 g/mol. The van der Waals surface area contributed by atoms with Crippen molar-refractivity contribution in [1.82, 2.24) is 9.97 Å². The number of nitrogens with two attached hydrogens (primary N) is 1. The smallest absolute Gasteiger partial charge is 0.141 e. The van der Waals surface area contributed by atoms with E-state index in [9.17, 15) is 5.11 Å². The van der Waals surface area contributed by atoms with Gasteiger partial charge in [0.2, 0.25) is 0 Å². The highest BCUT2D eigenvalue weighted by molar-refractivity contribution is 5.90. The predicted molar refractivity (Wildman–Crippen MR) is 144 cm³/mol. The Kier molecular flexibility index (Phi) is 6.70. The number of allylic oxidation sites excluding steroid dienone is 2. The summed E-state index contributed by atoms with van der Waals surface area (Å²) in [6.07, 6.45) is 6.07. The zero-order valence-corrected chi connectivity index (χ0v) is 19.8. The second-order valence-corrected chi connectivity index (χ2v) is 8.91. The van der Waals surface area contributed by atoms with Gasteiger partial charge in [0.05, 0.1) is 17.5 Å². The summed E-state index contributed by atoms with van der Waals surface area (Å²) in [5.41, 5.74) is 11.4. The quantitative estimate of drug-likeness (QED) is 0.336. The molecule has 1 heterocycles. The minimum atomic E-state index is -0.713. The molecule has 4 aromatic rings. The van der Waals surface area contributed by atoms with Crippen LogP contribution in [0, 0.1) is 0 Å². The van der Waals surface area contributed by atoms with E-state index in [0.717, 1.165) is 45.4 Å². The summed E-state index contributed by atoms with van der Waals surface area (Å²) < 4.78 is 0. The minimum Gasteiger partial charge on any atom is -0.388 e. The van der Waals surface area contributed by atoms with E-state index < -0.39 is 6.10 Å². The number of nitrogens with one attached hydrogen (secondary N) is 1. The molecule has 5 nitrogen and oxygen atoms in total. The lowest BCUT2D eigenvalue weighted by Crippen LogP contribution is -2.28. The number of fused-ring (bicyclic) bond motifs is 1. The third kappa shape index (κ3) is 4.87. The van der Waals surface area contributed by atoms with Crippen molar-refractivity contribution >= 4 is 22.3 Å². The van der Waals surface area contributed by atoms with Crippen LogP contribution in [0.4, 0.5) is 5.82 Å². The van der Waals surface area contributed by atoms with E-state index in [4.69, 9.17) is 15.7 Å². The molecule has 0 spiro atoms. The Morgan fingerprint density at radius 1 is 0.914 bits per heavy atom. The van der Waals surface area contributed by atoms with Crippen LogP contribution < -0.4 is 11.1 Å². The summed E-state index contributed by atoms with van der Waals surface area (Å²) in [4.78, 5) is 9.72. The standard InChI is InChI=1S/C30H30N4O/c1-2-22(31)19-32-29-25-14-8-9-15-27(25)33-30(34-29)26-18-21(16-17-28(26)35)24-13-7-6-12-23(24)20-10-4-3-5-11-20/h3-18,22,26,28,35H,2,19,31H2,1H3,(H,32,33,34)/t22-,26?,28?/m1/s1. The maximum absolute atomic E-state index is 10.9. The summed E-state index contributed by atoms with van der Waals surface area (Å²) in [7, 11) is 0. The van der Waals surface area contributed by atoms with Gasteiger partial charge < -0.3 is 16.2 Å². The number of aromatic nitrogens is 2. The first kappa shape index (κ1) is 23.0. The molecule has 3 aromatic carbocycles. The molecule has 4 N–H and O–H groups in total. The van der Waals surface area contributed by atoms with Crippen LogP contribution in [0.1, 0.15) is 30.7 Å². The summed E-state index contributed by atoms with van der Waals surface area (Å²) in [6, 6.07) is 26.7. The monoisotopic (exact) mass is 462 g/mol. The van der Waals surface area contributed by atoms with Crippen molar-refractivity contribution in [3.05, 3.63) is 108 Å². The number of aliphatic hydroxyl groups excluding tert-OH is 1. The zero-order valence-electron chi connectivity index (χ0n) is 19.8. The van der Waals surface area contributed by atoms with Crippen LogP contribution in [0.3, 0.4) is 0 Å². The van der Waals surface area contributed by atoms with Crippen molar-refractivity contribution in [3.8, 4) is 11.1 Å². The number of benzene rings is 3. The lowest BCUT2D eigenvalue weighted by Gasteiger charge is -2.23. The van der Waals surface area contributed by atoms with Gasteiger partial charge in [-0.2, -0.15) is 0 Å². The van der Waals surface area contributed by atoms with E-state index >= 15 is 0 Å². The fraction of sp³-hybridized carbons (Fsp3) is 0.200. The van der Waals surface area contributed by atoms with Gasteiger partial charge in [-0.1, -0.05) is 91.9 Å². The van der Waals surface area contributed by atoms with Gasteiger partial charge in [0.1, 0.15) is 11.6 Å². The Balaban J connectivity index is 1.56. The van der Waals surface area contributed by atoms with Gasteiger partial charge in [-0.15, -0.1) is 0 Å². The first-order chi connectivity index (χ1) is 17.1. The van der Waals surface area contributed by atoms with Gasteiger partial charge in [0.25, 0.3) is 0 Å². The van der Waals surface area contributed by atoms with E-state index in [1.165, 1.54) is 0 Å². The van der Waals surface area contributed by atoms with Crippen LogP contribution in [0.2, 0.25) is 0 Å². The Hall–Kier alpha value is -3.80. The number of aliphatic hydroxyl groups is 1. The van der Waals surface area contributed by atoms with Crippen molar-refractivity contribution < 1.29 is 5.11 Å². The number of rotatable bonds is 7.